The first kappa shape index (κ1) is 25.5. The molecule has 0 bridgehead atoms. The zero-order valence-corrected chi connectivity index (χ0v) is 20.5. The molecule has 1 aliphatic heterocycles. The van der Waals surface area contributed by atoms with Crippen molar-refractivity contribution in [1.29, 1.82) is 0 Å². The number of aromatic nitrogens is 1. The minimum absolute atomic E-state index is 0.00533. The first-order valence-electron chi connectivity index (χ1n) is 11.1. The maximum absolute atomic E-state index is 13.0. The number of methoxy groups -OCH3 is 1. The van der Waals surface area contributed by atoms with Gasteiger partial charge in [0.15, 0.2) is 11.5 Å². The number of amides is 2. The lowest BCUT2D eigenvalue weighted by atomic mass is 10.1. The molecule has 1 aromatic heterocycles. The largest absolute Gasteiger partial charge is 0.493 e. The molecule has 2 amide bonds. The van der Waals surface area contributed by atoms with Crippen LogP contribution in [0.5, 0.6) is 11.5 Å². The molecule has 0 saturated carbocycles. The van der Waals surface area contributed by atoms with Crippen LogP contribution in [-0.2, 0) is 17.6 Å². The molecule has 7 nitrogen and oxygen atoms in total. The summed E-state index contributed by atoms with van der Waals surface area (Å²) in [4.78, 5) is 32.2. The summed E-state index contributed by atoms with van der Waals surface area (Å²) >= 11 is 1.31. The fourth-order valence-electron chi connectivity index (χ4n) is 3.81. The van der Waals surface area contributed by atoms with E-state index in [0.29, 0.717) is 59.5 Å². The first-order valence-corrected chi connectivity index (χ1v) is 12.0. The topological polar surface area (TPSA) is 72.0 Å². The van der Waals surface area contributed by atoms with Gasteiger partial charge >= 0.3 is 6.18 Å². The predicted molar refractivity (Wildman–Crippen MR) is 128 cm³/mol. The van der Waals surface area contributed by atoms with E-state index in [9.17, 15) is 22.8 Å². The number of alkyl halides is 3. The summed E-state index contributed by atoms with van der Waals surface area (Å²) in [7, 11) is 1.47. The average molecular weight is 520 g/mol. The van der Waals surface area contributed by atoms with Crippen molar-refractivity contribution in [3.05, 3.63) is 64.7 Å². The van der Waals surface area contributed by atoms with Crippen LogP contribution in [0, 0.1) is 0 Å². The Hall–Kier alpha value is -3.60. The number of halogens is 3. The van der Waals surface area contributed by atoms with Gasteiger partial charge in [-0.3, -0.25) is 9.59 Å². The van der Waals surface area contributed by atoms with Crippen LogP contribution < -0.4 is 9.47 Å². The molecule has 0 N–H and O–H groups in total. The van der Waals surface area contributed by atoms with E-state index in [0.717, 1.165) is 12.1 Å². The molecule has 0 spiro atoms. The minimum atomic E-state index is -4.42. The molecule has 0 radical (unpaired) electrons. The molecular weight excluding hydrogens is 495 g/mol. The number of benzene rings is 2. The zero-order valence-electron chi connectivity index (χ0n) is 19.7. The summed E-state index contributed by atoms with van der Waals surface area (Å²) in [6.45, 7) is 3.36. The van der Waals surface area contributed by atoms with Crippen LogP contribution in [0.15, 0.2) is 47.8 Å². The summed E-state index contributed by atoms with van der Waals surface area (Å²) in [5.41, 5.74) is 0.683. The third kappa shape index (κ3) is 5.78. The van der Waals surface area contributed by atoms with Crippen molar-refractivity contribution in [1.82, 2.24) is 14.8 Å². The number of piperazine rings is 1. The molecule has 190 valence electrons. The Morgan fingerprint density at radius 1 is 1.03 bits per heavy atom. The summed E-state index contributed by atoms with van der Waals surface area (Å²) in [5, 5.41) is 2.31. The summed E-state index contributed by atoms with van der Waals surface area (Å²) in [6.07, 6.45) is -4.42. The average Bonchev–Trinajstić information content (AvgIpc) is 3.37. The van der Waals surface area contributed by atoms with E-state index in [2.05, 4.69) is 4.98 Å². The Balaban J connectivity index is 1.44. The predicted octanol–water partition coefficient (Wildman–Crippen LogP) is 4.72. The number of carbonyl (C=O) groups is 2. The van der Waals surface area contributed by atoms with Crippen molar-refractivity contribution in [3.8, 4) is 22.1 Å². The number of carbonyl (C=O) groups excluding carboxylic acids is 2. The second kappa shape index (κ2) is 10.6. The van der Waals surface area contributed by atoms with Crippen molar-refractivity contribution in [2.45, 2.75) is 19.7 Å². The Bertz CT molecular complexity index is 1250. The van der Waals surface area contributed by atoms with Crippen LogP contribution in [0.1, 0.15) is 28.5 Å². The van der Waals surface area contributed by atoms with Gasteiger partial charge in [-0.15, -0.1) is 11.3 Å². The van der Waals surface area contributed by atoms with Gasteiger partial charge in [-0.25, -0.2) is 4.98 Å². The molecular formula is C25H24F3N3O4S. The smallest absolute Gasteiger partial charge is 0.416 e. The minimum Gasteiger partial charge on any atom is -0.493 e. The van der Waals surface area contributed by atoms with Gasteiger partial charge < -0.3 is 19.3 Å². The van der Waals surface area contributed by atoms with Gasteiger partial charge in [-0.1, -0.05) is 12.1 Å². The van der Waals surface area contributed by atoms with Crippen molar-refractivity contribution in [2.75, 3.05) is 33.3 Å². The molecule has 4 rings (SSSR count). The lowest BCUT2D eigenvalue weighted by Gasteiger charge is -2.33. The Morgan fingerprint density at radius 2 is 1.75 bits per heavy atom. The molecule has 0 aliphatic carbocycles. The fraction of sp³-hybridized carbons (Fsp3) is 0.320. The Morgan fingerprint density at radius 3 is 2.42 bits per heavy atom. The van der Waals surface area contributed by atoms with Gasteiger partial charge in [-0.05, 0) is 35.9 Å². The maximum Gasteiger partial charge on any atom is 0.416 e. The Labute approximate surface area is 210 Å². The van der Waals surface area contributed by atoms with Crippen LogP contribution >= 0.6 is 11.3 Å². The van der Waals surface area contributed by atoms with Crippen molar-refractivity contribution >= 4 is 23.2 Å². The van der Waals surface area contributed by atoms with E-state index in [-0.39, 0.29) is 18.4 Å². The number of hydrogen-bond donors (Lipinski definition) is 0. The van der Waals surface area contributed by atoms with E-state index in [1.807, 2.05) is 0 Å². The summed E-state index contributed by atoms with van der Waals surface area (Å²) in [6, 6.07) is 10.1. The standard InChI is InChI=1S/C25H24F3N3O4S/c1-16(32)30-8-10-31(11-9-30)24(33)20-15-36-23(29-20)18-6-7-21(22(13-18)34-2)35-14-17-4-3-5-19(12-17)25(26,27)28/h3-7,12-13,15H,8-11,14H2,1-2H3. The molecule has 1 fully saturated rings. The number of nitrogens with zero attached hydrogens (tertiary/aromatic N) is 3. The van der Waals surface area contributed by atoms with Gasteiger partial charge in [0.05, 0.1) is 12.7 Å². The molecule has 2 aromatic carbocycles. The molecule has 0 unspecified atom stereocenters. The lowest BCUT2D eigenvalue weighted by molar-refractivity contribution is -0.137. The molecule has 2 heterocycles. The molecule has 0 atom stereocenters. The fourth-order valence-corrected chi connectivity index (χ4v) is 4.60. The van der Waals surface area contributed by atoms with Crippen LogP contribution in [-0.4, -0.2) is 59.9 Å². The molecule has 1 saturated heterocycles. The van der Waals surface area contributed by atoms with Crippen LogP contribution in [0.2, 0.25) is 0 Å². The Kier molecular flexibility index (Phi) is 7.48. The quantitative estimate of drug-likeness (QED) is 0.471. The lowest BCUT2D eigenvalue weighted by Crippen LogP contribution is -2.50. The van der Waals surface area contributed by atoms with Gasteiger partial charge in [0, 0.05) is 44.0 Å². The maximum atomic E-state index is 13.0. The van der Waals surface area contributed by atoms with E-state index in [1.165, 1.54) is 31.4 Å². The second-order valence-electron chi connectivity index (χ2n) is 8.19. The van der Waals surface area contributed by atoms with E-state index in [1.54, 1.807) is 39.4 Å². The highest BCUT2D eigenvalue weighted by Gasteiger charge is 2.30. The second-order valence-corrected chi connectivity index (χ2v) is 9.05. The van der Waals surface area contributed by atoms with E-state index >= 15 is 0 Å². The van der Waals surface area contributed by atoms with Crippen LogP contribution in [0.25, 0.3) is 10.6 Å². The highest BCUT2D eigenvalue weighted by Crippen LogP contribution is 2.35. The van der Waals surface area contributed by atoms with Crippen LogP contribution in [0.4, 0.5) is 13.2 Å². The van der Waals surface area contributed by atoms with Gasteiger partial charge in [-0.2, -0.15) is 13.2 Å². The first-order chi connectivity index (χ1) is 17.2. The molecule has 1 aliphatic rings. The number of hydrogen-bond acceptors (Lipinski definition) is 6. The molecule has 3 aromatic rings. The van der Waals surface area contributed by atoms with Gasteiger partial charge in [0.25, 0.3) is 5.91 Å². The van der Waals surface area contributed by atoms with Crippen molar-refractivity contribution in [3.63, 3.8) is 0 Å². The highest BCUT2D eigenvalue weighted by atomic mass is 32.1. The number of ether oxygens (including phenoxy) is 2. The zero-order chi connectivity index (χ0) is 25.9. The summed E-state index contributed by atoms with van der Waals surface area (Å²) < 4.78 is 50.0. The summed E-state index contributed by atoms with van der Waals surface area (Å²) in [5.74, 6) is 0.570. The normalized spacial score (nSPS) is 14.0. The third-order valence-electron chi connectivity index (χ3n) is 5.79. The van der Waals surface area contributed by atoms with Crippen molar-refractivity contribution in [2.24, 2.45) is 0 Å². The number of rotatable bonds is 6. The van der Waals surface area contributed by atoms with Crippen molar-refractivity contribution < 1.29 is 32.2 Å². The SMILES string of the molecule is COc1cc(-c2nc(C(=O)N3CCN(C(C)=O)CC3)cs2)ccc1OCc1cccc(C(F)(F)F)c1. The van der Waals surface area contributed by atoms with Gasteiger partial charge in [0.1, 0.15) is 17.3 Å². The molecule has 11 heteroatoms. The van der Waals surface area contributed by atoms with Gasteiger partial charge in [0.2, 0.25) is 5.91 Å². The molecule has 36 heavy (non-hydrogen) atoms. The third-order valence-corrected chi connectivity index (χ3v) is 6.69. The van der Waals surface area contributed by atoms with E-state index < -0.39 is 11.7 Å². The van der Waals surface area contributed by atoms with E-state index in [4.69, 9.17) is 9.47 Å². The number of thiazole rings is 1. The highest BCUT2D eigenvalue weighted by molar-refractivity contribution is 7.13. The monoisotopic (exact) mass is 519 g/mol. The van der Waals surface area contributed by atoms with Crippen LogP contribution in [0.3, 0.4) is 0 Å².